The fourth-order valence-corrected chi connectivity index (χ4v) is 6.21. The van der Waals surface area contributed by atoms with Crippen molar-refractivity contribution in [2.24, 2.45) is 5.73 Å². The number of anilines is 2. The summed E-state index contributed by atoms with van der Waals surface area (Å²) in [6.07, 6.45) is -6.33. The predicted molar refractivity (Wildman–Crippen MR) is 139 cm³/mol. The molecule has 1 atom stereocenters. The first kappa shape index (κ1) is 28.7. The van der Waals surface area contributed by atoms with Crippen molar-refractivity contribution in [2.45, 2.75) is 30.0 Å². The molecule has 2 aromatic carbocycles. The van der Waals surface area contributed by atoms with Gasteiger partial charge in [-0.25, -0.2) is 8.42 Å². The van der Waals surface area contributed by atoms with E-state index in [0.717, 1.165) is 4.90 Å². The highest BCUT2D eigenvalue weighted by atomic mass is 32.2. The van der Waals surface area contributed by atoms with Crippen molar-refractivity contribution in [3.63, 3.8) is 0 Å². The summed E-state index contributed by atoms with van der Waals surface area (Å²) in [4.78, 5) is 15.6. The van der Waals surface area contributed by atoms with Gasteiger partial charge in [0.1, 0.15) is 6.54 Å². The van der Waals surface area contributed by atoms with Gasteiger partial charge in [0.2, 0.25) is 17.7 Å². The van der Waals surface area contributed by atoms with E-state index in [0.29, 0.717) is 11.1 Å². The summed E-state index contributed by atoms with van der Waals surface area (Å²) < 4.78 is 94.3. The van der Waals surface area contributed by atoms with E-state index < -0.39 is 52.5 Å². The Morgan fingerprint density at radius 3 is 2.40 bits per heavy atom. The molecule has 18 heteroatoms. The number of sulfone groups is 1. The number of fused-ring (bicyclic) bond motifs is 1. The SMILES string of the molecule is N[C@H]1CS(=O)(=O)c2ccc(-c3nnc(N4CCOC(F)(F)C4)o3)cc2N(Cc2ccc(-c3nnc(C(F)F)o3)cc2)C1=O. The Balaban J connectivity index is 1.33. The molecule has 2 aliphatic rings. The van der Waals surface area contributed by atoms with Gasteiger partial charge >= 0.3 is 18.5 Å². The van der Waals surface area contributed by atoms with Crippen LogP contribution in [-0.2, 0) is 25.9 Å². The monoisotopic (exact) mass is 623 g/mol. The van der Waals surface area contributed by atoms with Gasteiger partial charge in [-0.3, -0.25) is 4.79 Å². The van der Waals surface area contributed by atoms with Gasteiger partial charge < -0.3 is 29.1 Å². The first-order valence-electron chi connectivity index (χ1n) is 12.7. The first-order chi connectivity index (χ1) is 20.4. The Morgan fingerprint density at radius 1 is 1.00 bits per heavy atom. The molecule has 4 aromatic rings. The zero-order valence-corrected chi connectivity index (χ0v) is 22.7. The number of alkyl halides is 4. The summed E-state index contributed by atoms with van der Waals surface area (Å²) in [5.74, 6) is -2.36. The third-order valence-corrected chi connectivity index (χ3v) is 8.53. The maximum atomic E-state index is 13.7. The minimum absolute atomic E-state index is 0.00402. The van der Waals surface area contributed by atoms with Crippen molar-refractivity contribution in [1.82, 2.24) is 20.4 Å². The van der Waals surface area contributed by atoms with Gasteiger partial charge in [0.15, 0.2) is 9.84 Å². The highest BCUT2D eigenvalue weighted by Crippen LogP contribution is 2.36. The lowest BCUT2D eigenvalue weighted by molar-refractivity contribution is -0.240. The Hall–Kier alpha value is -4.42. The molecule has 226 valence electrons. The maximum Gasteiger partial charge on any atom is 0.373 e. The molecule has 1 fully saturated rings. The van der Waals surface area contributed by atoms with Gasteiger partial charge in [0.05, 0.1) is 35.5 Å². The molecule has 0 bridgehead atoms. The van der Waals surface area contributed by atoms with Crippen LogP contribution >= 0.6 is 0 Å². The number of nitrogens with zero attached hydrogens (tertiary/aromatic N) is 6. The minimum Gasteiger partial charge on any atom is -0.415 e. The van der Waals surface area contributed by atoms with Gasteiger partial charge in [-0.2, -0.15) is 17.6 Å². The van der Waals surface area contributed by atoms with Crippen molar-refractivity contribution < 1.29 is 44.3 Å². The van der Waals surface area contributed by atoms with Crippen LogP contribution in [0.3, 0.4) is 0 Å². The molecule has 2 N–H and O–H groups in total. The molecule has 2 aliphatic heterocycles. The number of hydrogen-bond donors (Lipinski definition) is 1. The normalized spacial score (nSPS) is 19.9. The standard InChI is InChI=1S/C25H21F4N7O6S/c26-19(27)22-33-31-20(41-22)14-3-1-13(2-4-14)10-36-17-9-15(5-6-18(17)43(38,39)11-16(30)23(36)37)21-32-34-24(42-21)35-7-8-40-25(28,29)12-35/h1-6,9,16,19H,7-8,10-12,30H2/t16-/m0/s1. The highest BCUT2D eigenvalue weighted by Gasteiger charge is 2.39. The molecule has 0 saturated carbocycles. The van der Waals surface area contributed by atoms with Crippen LogP contribution in [0.2, 0.25) is 0 Å². The van der Waals surface area contributed by atoms with Crippen molar-refractivity contribution in [2.75, 3.05) is 35.2 Å². The molecule has 1 amide bonds. The quantitative estimate of drug-likeness (QED) is 0.312. The Labute approximate surface area is 240 Å². The van der Waals surface area contributed by atoms with E-state index >= 15 is 0 Å². The fraction of sp³-hybridized carbons (Fsp3) is 0.320. The van der Waals surface area contributed by atoms with Crippen LogP contribution in [0.25, 0.3) is 22.9 Å². The van der Waals surface area contributed by atoms with E-state index in [4.69, 9.17) is 14.6 Å². The van der Waals surface area contributed by atoms with Crippen LogP contribution in [0.15, 0.2) is 56.2 Å². The van der Waals surface area contributed by atoms with Crippen LogP contribution in [0.1, 0.15) is 17.9 Å². The van der Waals surface area contributed by atoms with Gasteiger partial charge in [-0.15, -0.1) is 15.3 Å². The van der Waals surface area contributed by atoms with E-state index in [1.165, 1.54) is 35.2 Å². The second kappa shape index (κ2) is 10.7. The van der Waals surface area contributed by atoms with Gasteiger partial charge in [0, 0.05) is 17.7 Å². The Morgan fingerprint density at radius 2 is 1.70 bits per heavy atom. The molecule has 0 radical (unpaired) electrons. The topological polar surface area (TPSA) is 171 Å². The summed E-state index contributed by atoms with van der Waals surface area (Å²) in [5, 5.41) is 14.7. The summed E-state index contributed by atoms with van der Waals surface area (Å²) >= 11 is 0. The van der Waals surface area contributed by atoms with E-state index in [2.05, 4.69) is 25.1 Å². The molecule has 4 heterocycles. The lowest BCUT2D eigenvalue weighted by Gasteiger charge is -2.30. The number of hydrogen-bond acceptors (Lipinski definition) is 12. The molecule has 2 aromatic heterocycles. The molecule has 1 saturated heterocycles. The maximum absolute atomic E-state index is 13.7. The van der Waals surface area contributed by atoms with Crippen LogP contribution < -0.4 is 15.5 Å². The summed E-state index contributed by atoms with van der Waals surface area (Å²) in [6, 6.07) is 8.68. The van der Waals surface area contributed by atoms with Crippen LogP contribution in [0.5, 0.6) is 0 Å². The van der Waals surface area contributed by atoms with Crippen molar-refractivity contribution >= 4 is 27.4 Å². The number of morpholine rings is 1. The number of carbonyl (C=O) groups is 1. The molecule has 43 heavy (non-hydrogen) atoms. The van der Waals surface area contributed by atoms with Crippen LogP contribution in [0.4, 0.5) is 29.3 Å². The number of aromatic nitrogens is 4. The van der Waals surface area contributed by atoms with Gasteiger partial charge in [-0.05, 0) is 35.9 Å². The number of rotatable bonds is 6. The molecule has 13 nitrogen and oxygen atoms in total. The average Bonchev–Trinajstić information content (AvgIpc) is 3.65. The van der Waals surface area contributed by atoms with Crippen molar-refractivity contribution in [1.29, 1.82) is 0 Å². The van der Waals surface area contributed by atoms with Crippen LogP contribution in [-0.4, -0.2) is 72.3 Å². The highest BCUT2D eigenvalue weighted by molar-refractivity contribution is 7.91. The third kappa shape index (κ3) is 5.67. The molecule has 0 unspecified atom stereocenters. The largest absolute Gasteiger partial charge is 0.415 e. The molecular weight excluding hydrogens is 602 g/mol. The minimum atomic E-state index is -4.01. The number of amides is 1. The fourth-order valence-electron chi connectivity index (χ4n) is 4.65. The second-order valence-electron chi connectivity index (χ2n) is 9.74. The van der Waals surface area contributed by atoms with Gasteiger partial charge in [-0.1, -0.05) is 17.2 Å². The van der Waals surface area contributed by atoms with E-state index in [9.17, 15) is 30.8 Å². The lowest BCUT2D eigenvalue weighted by atomic mass is 10.1. The number of benzene rings is 2. The molecule has 0 aliphatic carbocycles. The summed E-state index contributed by atoms with van der Waals surface area (Å²) in [6.45, 7) is -1.09. The number of nitrogens with two attached hydrogens (primary N) is 1. The van der Waals surface area contributed by atoms with Crippen LogP contribution in [0, 0.1) is 0 Å². The third-order valence-electron chi connectivity index (χ3n) is 6.72. The molecule has 6 rings (SSSR count). The zero-order valence-electron chi connectivity index (χ0n) is 21.9. The number of halogens is 4. The number of carbonyl (C=O) groups excluding carboxylic acids is 1. The summed E-state index contributed by atoms with van der Waals surface area (Å²) in [5.41, 5.74) is 7.08. The summed E-state index contributed by atoms with van der Waals surface area (Å²) in [7, 11) is -4.01. The Kier molecular flexibility index (Phi) is 7.13. The van der Waals surface area contributed by atoms with Gasteiger partial charge in [0.25, 0.3) is 5.89 Å². The van der Waals surface area contributed by atoms with E-state index in [-0.39, 0.29) is 53.6 Å². The lowest BCUT2D eigenvalue weighted by Crippen LogP contribution is -2.46. The van der Waals surface area contributed by atoms with Crippen molar-refractivity contribution in [3.05, 3.63) is 53.9 Å². The van der Waals surface area contributed by atoms with E-state index in [1.54, 1.807) is 12.1 Å². The average molecular weight is 624 g/mol. The smallest absolute Gasteiger partial charge is 0.373 e. The van der Waals surface area contributed by atoms with E-state index in [1.807, 2.05) is 0 Å². The Bertz CT molecular complexity index is 1780. The number of ether oxygens (including phenoxy) is 1. The molecular formula is C25H21F4N7O6S. The second-order valence-corrected chi connectivity index (χ2v) is 11.7. The predicted octanol–water partition coefficient (Wildman–Crippen LogP) is 2.80. The van der Waals surface area contributed by atoms with Crippen molar-refractivity contribution in [3.8, 4) is 22.9 Å². The first-order valence-corrected chi connectivity index (χ1v) is 14.3. The zero-order chi connectivity index (χ0) is 30.5. The molecule has 0 spiro atoms.